The predicted molar refractivity (Wildman–Crippen MR) is 90.8 cm³/mol. The quantitative estimate of drug-likeness (QED) is 0.832. The van der Waals surface area contributed by atoms with Gasteiger partial charge in [0.1, 0.15) is 5.82 Å². The lowest BCUT2D eigenvalue weighted by molar-refractivity contribution is -0.121. The molecule has 24 heavy (non-hydrogen) atoms. The largest absolute Gasteiger partial charge is 0.351 e. The predicted octanol–water partition coefficient (Wildman–Crippen LogP) is 1.67. The molecule has 1 aliphatic heterocycles. The maximum atomic E-state index is 12.1. The molecule has 2 aromatic rings. The summed E-state index contributed by atoms with van der Waals surface area (Å²) in [6.45, 7) is 3.19. The number of hydrogen-bond acceptors (Lipinski definition) is 5. The summed E-state index contributed by atoms with van der Waals surface area (Å²) in [6, 6.07) is 1.67. The maximum Gasteiger partial charge on any atom is 0.252 e. The van der Waals surface area contributed by atoms with Crippen LogP contribution < -0.4 is 10.6 Å². The first-order valence-corrected chi connectivity index (χ1v) is 9.15. The van der Waals surface area contributed by atoms with E-state index in [0.717, 1.165) is 37.5 Å². The van der Waals surface area contributed by atoms with Crippen molar-refractivity contribution in [3.8, 4) is 0 Å². The molecule has 0 bridgehead atoms. The minimum absolute atomic E-state index is 0.0832. The Balaban J connectivity index is 1.49. The van der Waals surface area contributed by atoms with Crippen LogP contribution in [0.4, 0.5) is 0 Å². The highest BCUT2D eigenvalue weighted by Crippen LogP contribution is 2.23. The minimum Gasteiger partial charge on any atom is -0.351 e. The van der Waals surface area contributed by atoms with Gasteiger partial charge in [-0.2, -0.15) is 16.4 Å². The highest BCUT2D eigenvalue weighted by atomic mass is 32.1. The normalized spacial score (nSPS) is 16.5. The van der Waals surface area contributed by atoms with E-state index in [-0.39, 0.29) is 24.3 Å². The van der Waals surface area contributed by atoms with E-state index in [1.807, 2.05) is 17.0 Å². The first kappa shape index (κ1) is 16.6. The molecule has 2 N–H and O–H groups in total. The van der Waals surface area contributed by atoms with Crippen molar-refractivity contribution in [2.75, 3.05) is 6.54 Å². The Hall–Kier alpha value is -2.22. The summed E-state index contributed by atoms with van der Waals surface area (Å²) in [5.74, 6) is 1.43. The highest BCUT2D eigenvalue weighted by Gasteiger charge is 2.25. The van der Waals surface area contributed by atoms with E-state index in [2.05, 4.69) is 20.7 Å². The lowest BCUT2D eigenvalue weighted by Gasteiger charge is -2.23. The third-order valence-electron chi connectivity index (χ3n) is 3.99. The monoisotopic (exact) mass is 347 g/mol. The number of nitrogens with one attached hydrogen (secondary N) is 2. The number of aryl methyl sites for hydroxylation is 2. The Morgan fingerprint density at radius 3 is 3.08 bits per heavy atom. The van der Waals surface area contributed by atoms with Gasteiger partial charge in [-0.1, -0.05) is 6.92 Å². The van der Waals surface area contributed by atoms with Crippen LogP contribution in [0, 0.1) is 0 Å². The summed E-state index contributed by atoms with van der Waals surface area (Å²) in [5.41, 5.74) is 0.632. The zero-order valence-corrected chi connectivity index (χ0v) is 14.4. The number of aromatic nitrogens is 3. The molecule has 2 aromatic heterocycles. The van der Waals surface area contributed by atoms with E-state index in [9.17, 15) is 9.59 Å². The molecular formula is C16H21N5O2S. The summed E-state index contributed by atoms with van der Waals surface area (Å²) in [6.07, 6.45) is 2.88. The van der Waals surface area contributed by atoms with Crippen molar-refractivity contribution in [2.24, 2.45) is 0 Å². The van der Waals surface area contributed by atoms with Crippen LogP contribution in [0.2, 0.25) is 0 Å². The molecule has 0 aliphatic carbocycles. The molecule has 0 aromatic carbocycles. The Bertz CT molecular complexity index is 710. The van der Waals surface area contributed by atoms with Gasteiger partial charge in [0.05, 0.1) is 6.04 Å². The molecule has 1 atom stereocenters. The van der Waals surface area contributed by atoms with Gasteiger partial charge in [0.2, 0.25) is 5.91 Å². The molecule has 0 saturated heterocycles. The summed E-state index contributed by atoms with van der Waals surface area (Å²) < 4.78 is 1.89. The van der Waals surface area contributed by atoms with Gasteiger partial charge in [-0.25, -0.2) is 9.67 Å². The van der Waals surface area contributed by atoms with Crippen LogP contribution in [0.5, 0.6) is 0 Å². The second-order valence-corrected chi connectivity index (χ2v) is 6.52. The maximum absolute atomic E-state index is 12.1. The van der Waals surface area contributed by atoms with Crippen LogP contribution in [-0.4, -0.2) is 33.1 Å². The summed E-state index contributed by atoms with van der Waals surface area (Å²) >= 11 is 1.47. The van der Waals surface area contributed by atoms with Crippen molar-refractivity contribution in [1.82, 2.24) is 25.4 Å². The number of fused-ring (bicyclic) bond motifs is 1. The molecule has 7 nitrogen and oxygen atoms in total. The molecule has 2 amide bonds. The third kappa shape index (κ3) is 3.81. The molecule has 0 fully saturated rings. The Labute approximate surface area is 144 Å². The van der Waals surface area contributed by atoms with Crippen molar-refractivity contribution < 1.29 is 9.59 Å². The lowest BCUT2D eigenvalue weighted by Crippen LogP contribution is -2.35. The van der Waals surface area contributed by atoms with Gasteiger partial charge in [0.15, 0.2) is 5.82 Å². The number of carbonyl (C=O) groups excluding carboxylic acids is 2. The van der Waals surface area contributed by atoms with Crippen molar-refractivity contribution in [3.63, 3.8) is 0 Å². The Kier molecular flexibility index (Phi) is 5.24. The number of rotatable bonds is 6. The number of thiophene rings is 1. The lowest BCUT2D eigenvalue weighted by atomic mass is 10.1. The Morgan fingerprint density at radius 2 is 2.33 bits per heavy atom. The fourth-order valence-electron chi connectivity index (χ4n) is 2.74. The molecule has 8 heteroatoms. The average molecular weight is 347 g/mol. The second kappa shape index (κ2) is 7.57. The molecule has 3 heterocycles. The SMILES string of the molecule is CCc1nc2n(n1)CCC[C@H]2NC(=O)CCNC(=O)c1ccsc1. The fraction of sp³-hybridized carbons (Fsp3) is 0.500. The van der Waals surface area contributed by atoms with Gasteiger partial charge >= 0.3 is 0 Å². The van der Waals surface area contributed by atoms with E-state index in [0.29, 0.717) is 12.1 Å². The zero-order chi connectivity index (χ0) is 16.9. The molecule has 0 saturated carbocycles. The van der Waals surface area contributed by atoms with Crippen molar-refractivity contribution in [2.45, 2.75) is 45.2 Å². The first-order valence-electron chi connectivity index (χ1n) is 8.20. The standard InChI is InChI=1S/C16H21N5O2S/c1-2-13-19-15-12(4-3-8-21(15)20-13)18-14(22)5-7-17-16(23)11-6-9-24-10-11/h6,9-10,12H,2-5,7-8H2,1H3,(H,17,23)(H,18,22)/t12-/m1/s1. The second-order valence-electron chi connectivity index (χ2n) is 5.74. The number of carbonyl (C=O) groups is 2. The van der Waals surface area contributed by atoms with E-state index >= 15 is 0 Å². The van der Waals surface area contributed by atoms with Gasteiger partial charge < -0.3 is 10.6 Å². The topological polar surface area (TPSA) is 88.9 Å². The van der Waals surface area contributed by atoms with E-state index in [1.54, 1.807) is 11.4 Å². The number of nitrogens with zero attached hydrogens (tertiary/aromatic N) is 3. The van der Waals surface area contributed by atoms with Crippen LogP contribution in [-0.2, 0) is 17.8 Å². The van der Waals surface area contributed by atoms with Gasteiger partial charge in [0, 0.05) is 36.9 Å². The highest BCUT2D eigenvalue weighted by molar-refractivity contribution is 7.08. The number of amides is 2. The molecule has 0 radical (unpaired) electrons. The molecule has 3 rings (SSSR count). The van der Waals surface area contributed by atoms with Gasteiger partial charge in [0.25, 0.3) is 5.91 Å². The van der Waals surface area contributed by atoms with Crippen LogP contribution in [0.25, 0.3) is 0 Å². The summed E-state index contributed by atoms with van der Waals surface area (Å²) in [4.78, 5) is 28.5. The van der Waals surface area contributed by atoms with Crippen LogP contribution in [0.15, 0.2) is 16.8 Å². The molecular weight excluding hydrogens is 326 g/mol. The van der Waals surface area contributed by atoms with E-state index in [1.165, 1.54) is 11.3 Å². The smallest absolute Gasteiger partial charge is 0.252 e. The number of hydrogen-bond donors (Lipinski definition) is 2. The fourth-order valence-corrected chi connectivity index (χ4v) is 3.37. The van der Waals surface area contributed by atoms with E-state index < -0.39 is 0 Å². The molecule has 1 aliphatic rings. The van der Waals surface area contributed by atoms with Gasteiger partial charge in [-0.05, 0) is 24.3 Å². The van der Waals surface area contributed by atoms with Crippen LogP contribution >= 0.6 is 11.3 Å². The van der Waals surface area contributed by atoms with Crippen molar-refractivity contribution in [1.29, 1.82) is 0 Å². The third-order valence-corrected chi connectivity index (χ3v) is 4.67. The van der Waals surface area contributed by atoms with Gasteiger partial charge in [-0.3, -0.25) is 9.59 Å². The van der Waals surface area contributed by atoms with Crippen molar-refractivity contribution in [3.05, 3.63) is 34.0 Å². The van der Waals surface area contributed by atoms with Crippen LogP contribution in [0.3, 0.4) is 0 Å². The Morgan fingerprint density at radius 1 is 1.46 bits per heavy atom. The summed E-state index contributed by atoms with van der Waals surface area (Å²) in [7, 11) is 0. The van der Waals surface area contributed by atoms with Crippen molar-refractivity contribution >= 4 is 23.2 Å². The first-order chi connectivity index (χ1) is 11.7. The van der Waals surface area contributed by atoms with Crippen LogP contribution in [0.1, 0.15) is 54.2 Å². The minimum atomic E-state index is -0.144. The zero-order valence-electron chi connectivity index (χ0n) is 13.6. The average Bonchev–Trinajstić information content (AvgIpc) is 3.24. The molecule has 128 valence electrons. The summed E-state index contributed by atoms with van der Waals surface area (Å²) in [5, 5.41) is 13.8. The van der Waals surface area contributed by atoms with E-state index in [4.69, 9.17) is 0 Å². The van der Waals surface area contributed by atoms with Gasteiger partial charge in [-0.15, -0.1) is 0 Å². The molecule has 0 unspecified atom stereocenters. The molecule has 0 spiro atoms.